The van der Waals surface area contributed by atoms with Crippen molar-refractivity contribution in [2.45, 2.75) is 38.4 Å². The third-order valence-corrected chi connectivity index (χ3v) is 6.00. The molecule has 2 aromatic heterocycles. The first-order valence-corrected chi connectivity index (χ1v) is 11.8. The second-order valence-electron chi connectivity index (χ2n) is 8.15. The van der Waals surface area contributed by atoms with E-state index in [1.54, 1.807) is 6.07 Å². The normalized spacial score (nSPS) is 11.5. The van der Waals surface area contributed by atoms with Crippen molar-refractivity contribution in [1.29, 1.82) is 0 Å². The van der Waals surface area contributed by atoms with E-state index in [-0.39, 0.29) is 11.7 Å². The van der Waals surface area contributed by atoms with Crippen molar-refractivity contribution in [1.82, 2.24) is 25.1 Å². The van der Waals surface area contributed by atoms with E-state index in [0.717, 1.165) is 23.3 Å². The molecule has 0 radical (unpaired) electrons. The van der Waals surface area contributed by atoms with Crippen molar-refractivity contribution in [2.75, 3.05) is 12.3 Å². The summed E-state index contributed by atoms with van der Waals surface area (Å²) in [5.41, 5.74) is 3.27. The predicted molar refractivity (Wildman–Crippen MR) is 126 cm³/mol. The van der Waals surface area contributed by atoms with Crippen LogP contribution < -0.4 is 5.32 Å². The molecule has 32 heavy (non-hydrogen) atoms. The number of thioether (sulfide) groups is 1. The van der Waals surface area contributed by atoms with Crippen LogP contribution in [0.25, 0.3) is 22.1 Å². The second-order valence-corrected chi connectivity index (χ2v) is 9.21. The first-order chi connectivity index (χ1) is 15.5. The van der Waals surface area contributed by atoms with Gasteiger partial charge in [0, 0.05) is 30.6 Å². The Kier molecular flexibility index (Phi) is 6.99. The smallest absolute Gasteiger partial charge is 0.220 e. The highest BCUT2D eigenvalue weighted by Gasteiger charge is 2.16. The van der Waals surface area contributed by atoms with Gasteiger partial charge in [0.05, 0.1) is 5.52 Å². The number of carbonyl (C=O) groups excluding carboxylic acids is 1. The molecule has 0 aliphatic heterocycles. The summed E-state index contributed by atoms with van der Waals surface area (Å²) in [6.45, 7) is 5.44. The molecule has 0 atom stereocenters. The number of nitrogens with one attached hydrogen (secondary N) is 1. The van der Waals surface area contributed by atoms with E-state index < -0.39 is 0 Å². The van der Waals surface area contributed by atoms with Crippen LogP contribution in [0.1, 0.15) is 32.3 Å². The van der Waals surface area contributed by atoms with E-state index in [4.69, 9.17) is 4.98 Å². The molecule has 0 aliphatic carbocycles. The van der Waals surface area contributed by atoms with Gasteiger partial charge in [0.15, 0.2) is 5.65 Å². The van der Waals surface area contributed by atoms with Crippen molar-refractivity contribution >= 4 is 39.7 Å². The zero-order chi connectivity index (χ0) is 22.5. The number of rotatable bonds is 9. The summed E-state index contributed by atoms with van der Waals surface area (Å²) in [6.07, 6.45) is 1.21. The Morgan fingerprint density at radius 1 is 1.16 bits per heavy atom. The van der Waals surface area contributed by atoms with Crippen LogP contribution in [0, 0.1) is 11.7 Å². The molecule has 0 bridgehead atoms. The van der Waals surface area contributed by atoms with Gasteiger partial charge in [-0.2, -0.15) is 0 Å². The maximum atomic E-state index is 13.9. The topological polar surface area (TPSA) is 72.7 Å². The third kappa shape index (κ3) is 5.24. The molecule has 6 nitrogen and oxygen atoms in total. The number of hydrogen-bond acceptors (Lipinski definition) is 5. The molecular weight excluding hydrogens is 425 g/mol. The minimum Gasteiger partial charge on any atom is -0.356 e. The van der Waals surface area contributed by atoms with E-state index >= 15 is 0 Å². The largest absolute Gasteiger partial charge is 0.356 e. The van der Waals surface area contributed by atoms with E-state index in [1.165, 1.54) is 23.9 Å². The standard InChI is InChI=1S/C24H26FN5OS/c1-16(2)14-26-21(31)9-6-12-32-24-27-23-22(28-29-24)19-13-18(25)10-11-20(19)30(23)15-17-7-4-3-5-8-17/h3-5,7-8,10-11,13,16H,6,9,12,14-15H2,1-2H3,(H,26,31). The van der Waals surface area contributed by atoms with Crippen molar-refractivity contribution in [3.63, 3.8) is 0 Å². The van der Waals surface area contributed by atoms with Gasteiger partial charge >= 0.3 is 0 Å². The average molecular weight is 452 g/mol. The lowest BCUT2D eigenvalue weighted by atomic mass is 10.2. The van der Waals surface area contributed by atoms with E-state index in [9.17, 15) is 9.18 Å². The van der Waals surface area contributed by atoms with Gasteiger partial charge in [-0.3, -0.25) is 4.79 Å². The summed E-state index contributed by atoms with van der Waals surface area (Å²) >= 11 is 1.48. The molecule has 1 amide bonds. The van der Waals surface area contributed by atoms with Crippen LogP contribution in [0.4, 0.5) is 4.39 Å². The fourth-order valence-electron chi connectivity index (χ4n) is 3.50. The fourth-order valence-corrected chi connectivity index (χ4v) is 4.22. The van der Waals surface area contributed by atoms with Crippen molar-refractivity contribution in [2.24, 2.45) is 5.92 Å². The number of benzene rings is 2. The quantitative estimate of drug-likeness (QED) is 0.292. The molecule has 0 saturated heterocycles. The monoisotopic (exact) mass is 451 g/mol. The highest BCUT2D eigenvalue weighted by atomic mass is 32.2. The molecule has 0 spiro atoms. The Bertz CT molecular complexity index is 1230. The van der Waals surface area contributed by atoms with Gasteiger partial charge in [-0.05, 0) is 36.1 Å². The van der Waals surface area contributed by atoms with Crippen LogP contribution in [-0.2, 0) is 11.3 Å². The number of hydrogen-bond donors (Lipinski definition) is 1. The Morgan fingerprint density at radius 2 is 1.97 bits per heavy atom. The summed E-state index contributed by atoms with van der Waals surface area (Å²) in [5, 5.41) is 12.8. The van der Waals surface area contributed by atoms with Gasteiger partial charge in [0.2, 0.25) is 11.1 Å². The summed E-state index contributed by atoms with van der Waals surface area (Å²) in [5.74, 6) is 0.914. The van der Waals surface area contributed by atoms with Crippen LogP contribution in [-0.4, -0.2) is 38.0 Å². The summed E-state index contributed by atoms with van der Waals surface area (Å²) in [4.78, 5) is 16.6. The minimum atomic E-state index is -0.313. The zero-order valence-electron chi connectivity index (χ0n) is 18.2. The SMILES string of the molecule is CC(C)CNC(=O)CCCSc1nnc2c3cc(F)ccc3n(Cc3ccccc3)c2n1. The van der Waals surface area contributed by atoms with Crippen molar-refractivity contribution < 1.29 is 9.18 Å². The number of fused-ring (bicyclic) bond motifs is 3. The van der Waals surface area contributed by atoms with E-state index in [1.807, 2.05) is 18.2 Å². The van der Waals surface area contributed by atoms with E-state index in [2.05, 4.69) is 46.1 Å². The van der Waals surface area contributed by atoms with Crippen molar-refractivity contribution in [3.8, 4) is 0 Å². The van der Waals surface area contributed by atoms with Gasteiger partial charge in [-0.1, -0.05) is 55.9 Å². The molecular formula is C24H26FN5OS. The zero-order valence-corrected chi connectivity index (χ0v) is 19.0. The van der Waals surface area contributed by atoms with Crippen LogP contribution in [0.2, 0.25) is 0 Å². The molecule has 0 fully saturated rings. The minimum absolute atomic E-state index is 0.0683. The molecule has 0 saturated carbocycles. The van der Waals surface area contributed by atoms with Crippen LogP contribution in [0.3, 0.4) is 0 Å². The lowest BCUT2D eigenvalue weighted by Crippen LogP contribution is -2.27. The number of carbonyl (C=O) groups is 1. The molecule has 0 aliphatic rings. The average Bonchev–Trinajstić information content (AvgIpc) is 3.08. The summed E-state index contributed by atoms with van der Waals surface area (Å²) in [7, 11) is 0. The van der Waals surface area contributed by atoms with Gasteiger partial charge in [0.1, 0.15) is 11.3 Å². The lowest BCUT2D eigenvalue weighted by Gasteiger charge is -2.08. The molecule has 2 aromatic carbocycles. The van der Waals surface area contributed by atoms with Crippen LogP contribution in [0.15, 0.2) is 53.7 Å². The summed E-state index contributed by atoms with van der Waals surface area (Å²) < 4.78 is 16.0. The van der Waals surface area contributed by atoms with Gasteiger partial charge in [0.25, 0.3) is 0 Å². The highest BCUT2D eigenvalue weighted by Crippen LogP contribution is 2.29. The Labute approximate surface area is 190 Å². The maximum absolute atomic E-state index is 13.9. The Hall–Kier alpha value is -3.00. The maximum Gasteiger partial charge on any atom is 0.220 e. The highest BCUT2D eigenvalue weighted by molar-refractivity contribution is 7.99. The molecule has 1 N–H and O–H groups in total. The Balaban J connectivity index is 1.54. The number of halogens is 1. The van der Waals surface area contributed by atoms with Gasteiger partial charge in [-0.25, -0.2) is 9.37 Å². The molecule has 0 unspecified atom stereocenters. The molecule has 2 heterocycles. The van der Waals surface area contributed by atoms with Crippen LogP contribution >= 0.6 is 11.8 Å². The Morgan fingerprint density at radius 3 is 2.75 bits per heavy atom. The fraction of sp³-hybridized carbons (Fsp3) is 0.333. The predicted octanol–water partition coefficient (Wildman–Crippen LogP) is 4.81. The van der Waals surface area contributed by atoms with Crippen molar-refractivity contribution in [3.05, 3.63) is 59.9 Å². The number of amides is 1. The van der Waals surface area contributed by atoms with E-state index in [0.29, 0.717) is 47.1 Å². The number of aromatic nitrogens is 4. The molecule has 8 heteroatoms. The number of nitrogens with zero attached hydrogens (tertiary/aromatic N) is 4. The lowest BCUT2D eigenvalue weighted by molar-refractivity contribution is -0.121. The van der Waals surface area contributed by atoms with Gasteiger partial charge < -0.3 is 9.88 Å². The summed E-state index contributed by atoms with van der Waals surface area (Å²) in [6, 6.07) is 14.8. The first-order valence-electron chi connectivity index (χ1n) is 10.8. The first kappa shape index (κ1) is 22.2. The molecule has 4 aromatic rings. The molecule has 166 valence electrons. The van der Waals surface area contributed by atoms with Gasteiger partial charge in [-0.15, -0.1) is 10.2 Å². The third-order valence-electron chi connectivity index (χ3n) is 5.08. The molecule has 4 rings (SSSR count). The second kappa shape index (κ2) is 10.1. The van der Waals surface area contributed by atoms with Crippen LogP contribution in [0.5, 0.6) is 0 Å².